The van der Waals surface area contributed by atoms with Gasteiger partial charge >= 0.3 is 6.01 Å². The van der Waals surface area contributed by atoms with Gasteiger partial charge in [0, 0.05) is 6.07 Å². The standard InChI is InChI=1S/C11H14N4O5S/c1-18-7-4-5-8(19-2)9(6-7)21(16,17)15-10-12-11(20-3)14-13-10/h4-6H,1-3H3,(H2,12,13,14,15). The van der Waals surface area contributed by atoms with Gasteiger partial charge in [-0.25, -0.2) is 18.2 Å². The highest BCUT2D eigenvalue weighted by atomic mass is 32.2. The van der Waals surface area contributed by atoms with Gasteiger partial charge in [-0.2, -0.15) is 4.98 Å². The lowest BCUT2D eigenvalue weighted by atomic mass is 10.3. The van der Waals surface area contributed by atoms with Crippen molar-refractivity contribution in [3.8, 4) is 17.5 Å². The van der Waals surface area contributed by atoms with Crippen LogP contribution in [0.15, 0.2) is 23.1 Å². The molecular formula is C11H14N4O5S. The SMILES string of the molecule is COc1ccc(OC)c(S(=O)(=O)Nc2nc(OC)n[nH]2)c1. The van der Waals surface area contributed by atoms with E-state index < -0.39 is 10.0 Å². The maximum atomic E-state index is 12.4. The molecule has 0 spiro atoms. The Balaban J connectivity index is 2.38. The van der Waals surface area contributed by atoms with Crippen molar-refractivity contribution in [2.45, 2.75) is 4.90 Å². The Morgan fingerprint density at radius 2 is 1.90 bits per heavy atom. The zero-order valence-corrected chi connectivity index (χ0v) is 12.4. The van der Waals surface area contributed by atoms with Gasteiger partial charge in [0.15, 0.2) is 0 Å². The largest absolute Gasteiger partial charge is 0.497 e. The van der Waals surface area contributed by atoms with Gasteiger partial charge in [-0.1, -0.05) is 0 Å². The third kappa shape index (κ3) is 3.16. The highest BCUT2D eigenvalue weighted by Crippen LogP contribution is 2.29. The highest BCUT2D eigenvalue weighted by Gasteiger charge is 2.22. The second-order valence-electron chi connectivity index (χ2n) is 3.79. The Bertz CT molecular complexity index is 728. The monoisotopic (exact) mass is 314 g/mol. The number of methoxy groups -OCH3 is 3. The summed E-state index contributed by atoms with van der Waals surface area (Å²) in [5.41, 5.74) is 0. The molecule has 10 heteroatoms. The van der Waals surface area contributed by atoms with E-state index in [0.29, 0.717) is 5.75 Å². The molecule has 0 amide bonds. The van der Waals surface area contributed by atoms with E-state index in [1.54, 1.807) is 6.07 Å². The number of sulfonamides is 1. The second kappa shape index (κ2) is 5.87. The van der Waals surface area contributed by atoms with Crippen molar-refractivity contribution in [2.24, 2.45) is 0 Å². The van der Waals surface area contributed by atoms with Crippen molar-refractivity contribution in [1.29, 1.82) is 0 Å². The van der Waals surface area contributed by atoms with Crippen LogP contribution >= 0.6 is 0 Å². The van der Waals surface area contributed by atoms with Crippen LogP contribution in [0.1, 0.15) is 0 Å². The van der Waals surface area contributed by atoms with E-state index in [1.165, 1.54) is 33.5 Å². The van der Waals surface area contributed by atoms with Crippen molar-refractivity contribution >= 4 is 16.0 Å². The minimum atomic E-state index is -3.93. The lowest BCUT2D eigenvalue weighted by Gasteiger charge is -2.11. The van der Waals surface area contributed by atoms with Crippen molar-refractivity contribution in [3.63, 3.8) is 0 Å². The lowest BCUT2D eigenvalue weighted by Crippen LogP contribution is -2.15. The van der Waals surface area contributed by atoms with Crippen molar-refractivity contribution in [1.82, 2.24) is 15.2 Å². The van der Waals surface area contributed by atoms with Gasteiger partial charge in [0.05, 0.1) is 21.3 Å². The Morgan fingerprint density at radius 1 is 1.14 bits per heavy atom. The Hall–Kier alpha value is -2.49. The molecule has 0 fully saturated rings. The molecule has 21 heavy (non-hydrogen) atoms. The average Bonchev–Trinajstić information content (AvgIpc) is 2.93. The summed E-state index contributed by atoms with van der Waals surface area (Å²) < 4.78 is 41.8. The summed E-state index contributed by atoms with van der Waals surface area (Å²) in [7, 11) is 0.250. The molecule has 1 aromatic heterocycles. The van der Waals surface area contributed by atoms with Crippen LogP contribution in [-0.2, 0) is 10.0 Å². The molecule has 2 N–H and O–H groups in total. The molecule has 2 rings (SSSR count). The summed E-state index contributed by atoms with van der Waals surface area (Å²) in [5, 5.41) is 6.05. The first kappa shape index (κ1) is 14.9. The Kier molecular flexibility index (Phi) is 4.17. The number of ether oxygens (including phenoxy) is 3. The molecule has 0 saturated heterocycles. The summed E-state index contributed by atoms with van der Waals surface area (Å²) >= 11 is 0. The number of nitrogens with one attached hydrogen (secondary N) is 2. The van der Waals surface area contributed by atoms with Crippen molar-refractivity contribution in [3.05, 3.63) is 18.2 Å². The molecule has 1 aromatic carbocycles. The van der Waals surface area contributed by atoms with E-state index in [-0.39, 0.29) is 22.6 Å². The molecule has 0 bridgehead atoms. The van der Waals surface area contributed by atoms with Crippen LogP contribution in [0.4, 0.5) is 5.95 Å². The molecule has 0 aliphatic heterocycles. The van der Waals surface area contributed by atoms with Crippen LogP contribution in [0.25, 0.3) is 0 Å². The van der Waals surface area contributed by atoms with E-state index in [2.05, 4.69) is 19.9 Å². The third-order valence-electron chi connectivity index (χ3n) is 2.54. The summed E-state index contributed by atoms with van der Waals surface area (Å²) in [5.74, 6) is 0.484. The molecule has 0 atom stereocenters. The Morgan fingerprint density at radius 3 is 2.48 bits per heavy atom. The van der Waals surface area contributed by atoms with Crippen molar-refractivity contribution < 1.29 is 22.6 Å². The number of H-pyrrole nitrogens is 1. The maximum absolute atomic E-state index is 12.4. The molecule has 0 aliphatic carbocycles. The second-order valence-corrected chi connectivity index (χ2v) is 5.44. The zero-order chi connectivity index (χ0) is 15.5. The number of hydrogen-bond donors (Lipinski definition) is 2. The average molecular weight is 314 g/mol. The first-order valence-electron chi connectivity index (χ1n) is 5.71. The number of aromatic nitrogens is 3. The molecule has 9 nitrogen and oxygen atoms in total. The minimum absolute atomic E-state index is 0.0188. The van der Waals surface area contributed by atoms with E-state index in [0.717, 1.165) is 0 Å². The predicted octanol–water partition coefficient (Wildman–Crippen LogP) is 0.631. The van der Waals surface area contributed by atoms with Gasteiger partial charge < -0.3 is 14.2 Å². The molecule has 0 saturated carbocycles. The van der Waals surface area contributed by atoms with Crippen LogP contribution in [0, 0.1) is 0 Å². The molecule has 0 radical (unpaired) electrons. The van der Waals surface area contributed by atoms with Crippen LogP contribution in [-0.4, -0.2) is 44.9 Å². The summed E-state index contributed by atoms with van der Waals surface area (Å²) in [6.45, 7) is 0. The molecular weight excluding hydrogens is 300 g/mol. The van der Waals surface area contributed by atoms with Crippen LogP contribution in [0.2, 0.25) is 0 Å². The van der Waals surface area contributed by atoms with Gasteiger partial charge in [0.2, 0.25) is 5.95 Å². The van der Waals surface area contributed by atoms with Gasteiger partial charge in [-0.15, -0.1) is 5.10 Å². The lowest BCUT2D eigenvalue weighted by molar-refractivity contribution is 0.382. The summed E-state index contributed by atoms with van der Waals surface area (Å²) in [4.78, 5) is 3.70. The molecule has 1 heterocycles. The quantitative estimate of drug-likeness (QED) is 0.803. The highest BCUT2D eigenvalue weighted by molar-refractivity contribution is 7.92. The van der Waals surface area contributed by atoms with Gasteiger partial charge in [-0.3, -0.25) is 0 Å². The molecule has 0 aliphatic rings. The first-order chi connectivity index (χ1) is 10.00. The number of nitrogens with zero attached hydrogens (tertiary/aromatic N) is 2. The van der Waals surface area contributed by atoms with Crippen LogP contribution in [0.5, 0.6) is 17.5 Å². The summed E-state index contributed by atoms with van der Waals surface area (Å²) in [6, 6.07) is 4.45. The van der Waals surface area contributed by atoms with Gasteiger partial charge in [-0.05, 0) is 12.1 Å². The normalized spacial score (nSPS) is 11.0. The number of hydrogen-bond acceptors (Lipinski definition) is 7. The molecule has 114 valence electrons. The zero-order valence-electron chi connectivity index (χ0n) is 11.6. The van der Waals surface area contributed by atoms with Crippen LogP contribution < -0.4 is 18.9 Å². The molecule has 2 aromatic rings. The smallest absolute Gasteiger partial charge is 0.336 e. The Labute approximate surface area is 121 Å². The van der Waals surface area contributed by atoms with Gasteiger partial charge in [0.25, 0.3) is 10.0 Å². The number of aromatic amines is 1. The maximum Gasteiger partial charge on any atom is 0.336 e. The third-order valence-corrected chi connectivity index (χ3v) is 3.90. The number of anilines is 1. The van der Waals surface area contributed by atoms with E-state index in [4.69, 9.17) is 14.2 Å². The van der Waals surface area contributed by atoms with Crippen LogP contribution in [0.3, 0.4) is 0 Å². The fraction of sp³-hybridized carbons (Fsp3) is 0.273. The fourth-order valence-electron chi connectivity index (χ4n) is 1.56. The number of benzene rings is 1. The summed E-state index contributed by atoms with van der Waals surface area (Å²) in [6.07, 6.45) is 0. The fourth-order valence-corrected chi connectivity index (χ4v) is 2.70. The topological polar surface area (TPSA) is 115 Å². The predicted molar refractivity (Wildman–Crippen MR) is 73.3 cm³/mol. The van der Waals surface area contributed by atoms with Gasteiger partial charge in [0.1, 0.15) is 16.4 Å². The van der Waals surface area contributed by atoms with E-state index >= 15 is 0 Å². The number of rotatable bonds is 6. The first-order valence-corrected chi connectivity index (χ1v) is 7.19. The minimum Gasteiger partial charge on any atom is -0.497 e. The van der Waals surface area contributed by atoms with E-state index in [1.807, 2.05) is 0 Å². The van der Waals surface area contributed by atoms with E-state index in [9.17, 15) is 8.42 Å². The van der Waals surface area contributed by atoms with Crippen molar-refractivity contribution in [2.75, 3.05) is 26.1 Å². The molecule has 0 unspecified atom stereocenters.